The van der Waals surface area contributed by atoms with Crippen LogP contribution in [0.5, 0.6) is 0 Å². The Labute approximate surface area is 127 Å². The number of nitrogens with zero attached hydrogens (tertiary/aromatic N) is 3. The van der Waals surface area contributed by atoms with Gasteiger partial charge in [0.05, 0.1) is 17.6 Å². The molecule has 0 radical (unpaired) electrons. The van der Waals surface area contributed by atoms with Crippen LogP contribution in [0.15, 0.2) is 12.4 Å². The summed E-state index contributed by atoms with van der Waals surface area (Å²) in [7, 11) is -3.18. The summed E-state index contributed by atoms with van der Waals surface area (Å²) in [6.07, 6.45) is 4.61. The van der Waals surface area contributed by atoms with Gasteiger partial charge in [-0.05, 0) is 18.8 Å². The van der Waals surface area contributed by atoms with Crippen molar-refractivity contribution in [1.82, 2.24) is 19.6 Å². The Morgan fingerprint density at radius 3 is 2.57 bits per heavy atom. The van der Waals surface area contributed by atoms with Crippen molar-refractivity contribution >= 4 is 10.0 Å². The van der Waals surface area contributed by atoms with Crippen LogP contribution in [-0.2, 0) is 16.6 Å². The van der Waals surface area contributed by atoms with E-state index in [4.69, 9.17) is 0 Å². The Morgan fingerprint density at radius 2 is 2.00 bits per heavy atom. The lowest BCUT2D eigenvalue weighted by Crippen LogP contribution is -2.41. The van der Waals surface area contributed by atoms with Gasteiger partial charge in [0, 0.05) is 38.1 Å². The van der Waals surface area contributed by atoms with Crippen molar-refractivity contribution in [3.05, 3.63) is 23.8 Å². The largest absolute Gasteiger partial charge is 0.296 e. The van der Waals surface area contributed by atoms with E-state index < -0.39 is 10.0 Å². The molecule has 0 bridgehead atoms. The van der Waals surface area contributed by atoms with Crippen LogP contribution in [-0.4, -0.2) is 48.7 Å². The maximum absolute atomic E-state index is 11.5. The molecule has 0 aliphatic carbocycles. The summed E-state index contributed by atoms with van der Waals surface area (Å²) >= 11 is 0. The molecule has 0 saturated carbocycles. The van der Waals surface area contributed by atoms with Gasteiger partial charge in [-0.15, -0.1) is 0 Å². The summed E-state index contributed by atoms with van der Waals surface area (Å²) in [5.41, 5.74) is 1.89. The summed E-state index contributed by atoms with van der Waals surface area (Å²) in [6.45, 7) is 8.53. The maximum atomic E-state index is 11.5. The van der Waals surface area contributed by atoms with Crippen LogP contribution < -0.4 is 4.72 Å². The molecule has 2 rings (SSSR count). The van der Waals surface area contributed by atoms with Crippen LogP contribution in [0.2, 0.25) is 0 Å². The van der Waals surface area contributed by atoms with Crippen molar-refractivity contribution in [3.63, 3.8) is 0 Å². The van der Waals surface area contributed by atoms with E-state index in [9.17, 15) is 8.42 Å². The highest BCUT2D eigenvalue weighted by molar-refractivity contribution is 7.88. The first-order valence-electron chi connectivity index (χ1n) is 7.22. The van der Waals surface area contributed by atoms with Gasteiger partial charge in [-0.1, -0.05) is 13.8 Å². The van der Waals surface area contributed by atoms with E-state index in [1.807, 2.05) is 6.92 Å². The van der Waals surface area contributed by atoms with Crippen LogP contribution in [0.1, 0.15) is 25.2 Å². The van der Waals surface area contributed by atoms with Crippen LogP contribution >= 0.6 is 0 Å². The smallest absolute Gasteiger partial charge is 0.209 e. The van der Waals surface area contributed by atoms with Crippen LogP contribution in [0.4, 0.5) is 0 Å². The summed E-state index contributed by atoms with van der Waals surface area (Å²) in [5.74, 6) is 0.744. The fraction of sp³-hybridized carbons (Fsp3) is 0.714. The van der Waals surface area contributed by atoms with E-state index in [0.29, 0.717) is 24.9 Å². The molecule has 1 aromatic rings. The van der Waals surface area contributed by atoms with Crippen molar-refractivity contribution in [2.75, 3.05) is 19.3 Å². The molecule has 1 aromatic heterocycles. The van der Waals surface area contributed by atoms with Gasteiger partial charge in [-0.3, -0.25) is 14.9 Å². The van der Waals surface area contributed by atoms with Crippen LogP contribution in [0, 0.1) is 18.8 Å². The zero-order chi connectivity index (χ0) is 15.6. The number of hydrogen-bond donors (Lipinski definition) is 1. The third kappa shape index (κ3) is 4.46. The molecular weight excluding hydrogens is 288 g/mol. The number of nitrogens with one attached hydrogen (secondary N) is 1. The lowest BCUT2D eigenvalue weighted by Gasteiger charge is -2.21. The number of aromatic nitrogens is 2. The van der Waals surface area contributed by atoms with E-state index in [2.05, 4.69) is 33.4 Å². The van der Waals surface area contributed by atoms with Gasteiger partial charge < -0.3 is 0 Å². The first-order chi connectivity index (χ1) is 9.76. The van der Waals surface area contributed by atoms with Gasteiger partial charge in [0.15, 0.2) is 0 Å². The molecule has 1 aliphatic rings. The van der Waals surface area contributed by atoms with Gasteiger partial charge in [0.1, 0.15) is 0 Å². The summed E-state index contributed by atoms with van der Waals surface area (Å²) in [6, 6.07) is -0.0306. The van der Waals surface area contributed by atoms with E-state index in [-0.39, 0.29) is 6.04 Å². The van der Waals surface area contributed by atoms with Crippen molar-refractivity contribution in [2.24, 2.45) is 11.8 Å². The SMILES string of the molecule is Cc1nccnc1CN1CC(NS(C)(=O)=O)C(C(C)C)C1. The zero-order valence-corrected chi connectivity index (χ0v) is 13.9. The van der Waals surface area contributed by atoms with Gasteiger partial charge in [-0.2, -0.15) is 0 Å². The van der Waals surface area contributed by atoms with E-state index in [0.717, 1.165) is 17.9 Å². The average Bonchev–Trinajstić information content (AvgIpc) is 2.73. The number of sulfonamides is 1. The van der Waals surface area contributed by atoms with Crippen molar-refractivity contribution in [1.29, 1.82) is 0 Å². The van der Waals surface area contributed by atoms with E-state index >= 15 is 0 Å². The molecule has 0 aromatic carbocycles. The Bertz CT molecular complexity index is 588. The number of aryl methyl sites for hydroxylation is 1. The molecule has 21 heavy (non-hydrogen) atoms. The summed E-state index contributed by atoms with van der Waals surface area (Å²) in [4.78, 5) is 10.9. The van der Waals surface area contributed by atoms with Crippen molar-refractivity contribution in [2.45, 2.75) is 33.4 Å². The van der Waals surface area contributed by atoms with Gasteiger partial charge in [0.2, 0.25) is 10.0 Å². The molecule has 1 aliphatic heterocycles. The molecular formula is C14H24N4O2S. The molecule has 2 unspecified atom stereocenters. The molecule has 0 amide bonds. The lowest BCUT2D eigenvalue weighted by atomic mass is 9.92. The highest BCUT2D eigenvalue weighted by atomic mass is 32.2. The van der Waals surface area contributed by atoms with Crippen molar-refractivity contribution < 1.29 is 8.42 Å². The standard InChI is InChI=1S/C14H24N4O2S/c1-10(2)12-7-18(9-14(12)17-21(4,19)20)8-13-11(3)15-5-6-16-13/h5-6,10,12,14,17H,7-9H2,1-4H3. The van der Waals surface area contributed by atoms with Crippen molar-refractivity contribution in [3.8, 4) is 0 Å². The van der Waals surface area contributed by atoms with Gasteiger partial charge >= 0.3 is 0 Å². The Morgan fingerprint density at radius 1 is 1.33 bits per heavy atom. The normalized spacial score (nSPS) is 23.9. The Kier molecular flexibility index (Phi) is 4.95. The van der Waals surface area contributed by atoms with Gasteiger partial charge in [0.25, 0.3) is 0 Å². The molecule has 2 heterocycles. The molecule has 2 atom stereocenters. The first kappa shape index (κ1) is 16.3. The quantitative estimate of drug-likeness (QED) is 0.870. The second-order valence-corrected chi connectivity index (χ2v) is 7.97. The molecule has 1 N–H and O–H groups in total. The van der Waals surface area contributed by atoms with Crippen LogP contribution in [0.3, 0.4) is 0 Å². The molecule has 1 saturated heterocycles. The molecule has 6 nitrogen and oxygen atoms in total. The predicted octanol–water partition coefficient (Wildman–Crippen LogP) is 0.791. The minimum atomic E-state index is -3.18. The fourth-order valence-electron chi connectivity index (χ4n) is 2.92. The number of likely N-dealkylation sites (tertiary alicyclic amines) is 1. The second kappa shape index (κ2) is 6.37. The van der Waals surface area contributed by atoms with Crippen LogP contribution in [0.25, 0.3) is 0 Å². The Balaban J connectivity index is 2.08. The molecule has 7 heteroatoms. The zero-order valence-electron chi connectivity index (χ0n) is 13.1. The third-order valence-corrected chi connectivity index (χ3v) is 4.75. The molecule has 1 fully saturated rings. The fourth-order valence-corrected chi connectivity index (χ4v) is 3.72. The maximum Gasteiger partial charge on any atom is 0.209 e. The Hall–Kier alpha value is -1.05. The molecule has 0 spiro atoms. The van der Waals surface area contributed by atoms with E-state index in [1.165, 1.54) is 6.26 Å². The number of hydrogen-bond acceptors (Lipinski definition) is 5. The minimum Gasteiger partial charge on any atom is -0.296 e. The average molecular weight is 312 g/mol. The predicted molar refractivity (Wildman–Crippen MR) is 82.1 cm³/mol. The summed E-state index contributed by atoms with van der Waals surface area (Å²) < 4.78 is 25.8. The monoisotopic (exact) mass is 312 g/mol. The number of rotatable bonds is 5. The second-order valence-electron chi connectivity index (χ2n) is 6.19. The highest BCUT2D eigenvalue weighted by Gasteiger charge is 2.36. The highest BCUT2D eigenvalue weighted by Crippen LogP contribution is 2.26. The topological polar surface area (TPSA) is 75.2 Å². The van der Waals surface area contributed by atoms with Gasteiger partial charge in [-0.25, -0.2) is 13.1 Å². The summed E-state index contributed by atoms with van der Waals surface area (Å²) in [5, 5.41) is 0. The third-order valence-electron chi connectivity index (χ3n) is 4.02. The molecule has 118 valence electrons. The lowest BCUT2D eigenvalue weighted by molar-refractivity contribution is 0.292. The van der Waals surface area contributed by atoms with E-state index in [1.54, 1.807) is 12.4 Å². The minimum absolute atomic E-state index is 0.0306. The first-order valence-corrected chi connectivity index (χ1v) is 9.11.